The summed E-state index contributed by atoms with van der Waals surface area (Å²) >= 11 is 1.05. The van der Waals surface area contributed by atoms with E-state index in [1.807, 2.05) is 0 Å². The molecule has 0 radical (unpaired) electrons. The average Bonchev–Trinajstić information content (AvgIpc) is 2.65. The predicted octanol–water partition coefficient (Wildman–Crippen LogP) is 2.03. The van der Waals surface area contributed by atoms with E-state index in [9.17, 15) is 10.1 Å². The second-order valence-electron chi connectivity index (χ2n) is 3.86. The largest absolute Gasteiger partial charge is 0.376 e. The third-order valence-electron chi connectivity index (χ3n) is 2.93. The van der Waals surface area contributed by atoms with E-state index in [0.717, 1.165) is 24.2 Å². The van der Waals surface area contributed by atoms with Gasteiger partial charge in [-0.1, -0.05) is 0 Å². The number of nitrogens with zero attached hydrogens (tertiary/aromatic N) is 2. The van der Waals surface area contributed by atoms with Crippen LogP contribution in [0.5, 0.6) is 0 Å². The highest BCUT2D eigenvalue weighted by Gasteiger charge is 2.36. The van der Waals surface area contributed by atoms with Crippen molar-refractivity contribution in [3.8, 4) is 0 Å². The number of nitrogens with one attached hydrogen (secondary N) is 1. The maximum atomic E-state index is 10.5. The van der Waals surface area contributed by atoms with Crippen LogP contribution in [-0.4, -0.2) is 29.2 Å². The van der Waals surface area contributed by atoms with Crippen LogP contribution in [0.15, 0.2) is 6.20 Å². The minimum atomic E-state index is -0.432. The molecule has 7 heteroatoms. The standard InChI is InChI=1S/C9H13N3O3S/c1-15-9(3-2-4-9)6-11-8-10-5-7(16-8)12(13)14/h5H,2-4,6H2,1H3,(H,10,11). The number of ether oxygens (including phenoxy) is 1. The number of anilines is 1. The molecule has 0 aromatic carbocycles. The third kappa shape index (κ3) is 2.14. The molecule has 0 atom stereocenters. The maximum Gasteiger partial charge on any atom is 0.345 e. The van der Waals surface area contributed by atoms with E-state index in [0.29, 0.717) is 11.7 Å². The SMILES string of the molecule is COC1(CNc2ncc([N+](=O)[O-])s2)CCC1. The first kappa shape index (κ1) is 11.3. The van der Waals surface area contributed by atoms with E-state index in [4.69, 9.17) is 4.74 Å². The highest BCUT2D eigenvalue weighted by atomic mass is 32.1. The summed E-state index contributed by atoms with van der Waals surface area (Å²) in [7, 11) is 1.70. The van der Waals surface area contributed by atoms with Crippen molar-refractivity contribution in [1.29, 1.82) is 0 Å². The number of hydrogen-bond acceptors (Lipinski definition) is 6. The fraction of sp³-hybridized carbons (Fsp3) is 0.667. The van der Waals surface area contributed by atoms with Gasteiger partial charge in [0.2, 0.25) is 0 Å². The van der Waals surface area contributed by atoms with Gasteiger partial charge in [0.1, 0.15) is 6.20 Å². The van der Waals surface area contributed by atoms with Crippen LogP contribution in [0.25, 0.3) is 0 Å². The van der Waals surface area contributed by atoms with Crippen molar-refractivity contribution in [2.75, 3.05) is 19.0 Å². The zero-order valence-electron chi connectivity index (χ0n) is 8.93. The van der Waals surface area contributed by atoms with Crippen LogP contribution >= 0.6 is 11.3 Å². The van der Waals surface area contributed by atoms with Gasteiger partial charge in [-0.3, -0.25) is 10.1 Å². The Morgan fingerprint density at radius 2 is 2.50 bits per heavy atom. The van der Waals surface area contributed by atoms with Crippen molar-refractivity contribution in [3.63, 3.8) is 0 Å². The van der Waals surface area contributed by atoms with Gasteiger partial charge in [0, 0.05) is 13.7 Å². The van der Waals surface area contributed by atoms with Crippen LogP contribution in [0.1, 0.15) is 19.3 Å². The van der Waals surface area contributed by atoms with Crippen molar-refractivity contribution >= 4 is 21.5 Å². The lowest BCUT2D eigenvalue weighted by atomic mass is 9.80. The zero-order chi connectivity index (χ0) is 11.6. The van der Waals surface area contributed by atoms with Gasteiger partial charge < -0.3 is 10.1 Å². The smallest absolute Gasteiger partial charge is 0.345 e. The van der Waals surface area contributed by atoms with Crippen molar-refractivity contribution in [2.24, 2.45) is 0 Å². The normalized spacial score (nSPS) is 17.8. The molecule has 88 valence electrons. The molecule has 1 aromatic heterocycles. The van der Waals surface area contributed by atoms with Gasteiger partial charge in [-0.25, -0.2) is 4.98 Å². The number of nitro groups is 1. The molecule has 0 amide bonds. The molecule has 1 fully saturated rings. The Hall–Kier alpha value is -1.21. The van der Waals surface area contributed by atoms with E-state index in [2.05, 4.69) is 10.3 Å². The molecule has 1 saturated carbocycles. The summed E-state index contributed by atoms with van der Waals surface area (Å²) in [4.78, 5) is 14.0. The molecule has 0 aliphatic heterocycles. The Kier molecular flexibility index (Phi) is 3.06. The van der Waals surface area contributed by atoms with Crippen molar-refractivity contribution in [1.82, 2.24) is 4.98 Å². The lowest BCUT2D eigenvalue weighted by Crippen LogP contribution is -2.45. The van der Waals surface area contributed by atoms with E-state index < -0.39 is 4.92 Å². The molecule has 0 unspecified atom stereocenters. The number of aromatic nitrogens is 1. The summed E-state index contributed by atoms with van der Waals surface area (Å²) in [5.74, 6) is 0. The van der Waals surface area contributed by atoms with Crippen LogP contribution in [0, 0.1) is 10.1 Å². The van der Waals surface area contributed by atoms with E-state index in [1.54, 1.807) is 7.11 Å². The second-order valence-corrected chi connectivity index (χ2v) is 4.86. The van der Waals surface area contributed by atoms with Crippen LogP contribution in [-0.2, 0) is 4.74 Å². The van der Waals surface area contributed by atoms with Crippen LogP contribution in [0.4, 0.5) is 10.1 Å². The molecule has 0 saturated heterocycles. The second kappa shape index (κ2) is 4.34. The van der Waals surface area contributed by atoms with Gasteiger partial charge in [-0.2, -0.15) is 0 Å². The molecule has 1 aromatic rings. The Labute approximate surface area is 96.8 Å². The summed E-state index contributed by atoms with van der Waals surface area (Å²) in [6.45, 7) is 0.661. The molecule has 6 nitrogen and oxygen atoms in total. The summed E-state index contributed by atoms with van der Waals surface area (Å²) in [5.41, 5.74) is -0.0968. The first-order valence-corrected chi connectivity index (χ1v) is 5.86. The highest BCUT2D eigenvalue weighted by Crippen LogP contribution is 2.35. The number of rotatable bonds is 5. The van der Waals surface area contributed by atoms with Crippen LogP contribution in [0.3, 0.4) is 0 Å². The van der Waals surface area contributed by atoms with E-state index in [1.165, 1.54) is 12.6 Å². The Morgan fingerprint density at radius 1 is 1.75 bits per heavy atom. The van der Waals surface area contributed by atoms with Gasteiger partial charge in [-0.05, 0) is 30.6 Å². The van der Waals surface area contributed by atoms with Gasteiger partial charge in [0.05, 0.1) is 10.5 Å². The molecule has 16 heavy (non-hydrogen) atoms. The maximum absolute atomic E-state index is 10.5. The third-order valence-corrected chi connectivity index (χ3v) is 3.84. The number of thiazole rings is 1. The minimum absolute atomic E-state index is 0.0579. The molecule has 1 aliphatic rings. The Bertz CT molecular complexity index is 384. The fourth-order valence-corrected chi connectivity index (χ4v) is 2.32. The van der Waals surface area contributed by atoms with Gasteiger partial charge >= 0.3 is 5.00 Å². The molecule has 0 spiro atoms. The summed E-state index contributed by atoms with van der Waals surface area (Å²) in [5, 5.41) is 14.2. The molecule has 2 rings (SSSR count). The average molecular weight is 243 g/mol. The quantitative estimate of drug-likeness (QED) is 0.632. The first-order valence-electron chi connectivity index (χ1n) is 5.04. The summed E-state index contributed by atoms with van der Waals surface area (Å²) in [6.07, 6.45) is 4.51. The molecule has 1 heterocycles. The Morgan fingerprint density at radius 3 is 2.94 bits per heavy atom. The lowest BCUT2D eigenvalue weighted by molar-refractivity contribution is -0.380. The molecular weight excluding hydrogens is 230 g/mol. The van der Waals surface area contributed by atoms with Crippen LogP contribution < -0.4 is 5.32 Å². The fourth-order valence-electron chi connectivity index (χ4n) is 1.69. The highest BCUT2D eigenvalue weighted by molar-refractivity contribution is 7.18. The van der Waals surface area contributed by atoms with Crippen molar-refractivity contribution < 1.29 is 9.66 Å². The minimum Gasteiger partial charge on any atom is -0.376 e. The Balaban J connectivity index is 1.91. The zero-order valence-corrected chi connectivity index (χ0v) is 9.75. The summed E-state index contributed by atoms with van der Waals surface area (Å²) < 4.78 is 5.43. The van der Waals surface area contributed by atoms with Gasteiger partial charge in [0.25, 0.3) is 0 Å². The molecular formula is C9H13N3O3S. The number of hydrogen-bond donors (Lipinski definition) is 1. The number of methoxy groups -OCH3 is 1. The monoisotopic (exact) mass is 243 g/mol. The van der Waals surface area contributed by atoms with E-state index in [-0.39, 0.29) is 10.6 Å². The molecule has 1 aliphatic carbocycles. The van der Waals surface area contributed by atoms with E-state index >= 15 is 0 Å². The first-order chi connectivity index (χ1) is 7.65. The van der Waals surface area contributed by atoms with Gasteiger partial charge in [0.15, 0.2) is 5.13 Å². The van der Waals surface area contributed by atoms with Crippen molar-refractivity contribution in [2.45, 2.75) is 24.9 Å². The molecule has 1 N–H and O–H groups in total. The molecule has 0 bridgehead atoms. The van der Waals surface area contributed by atoms with Crippen molar-refractivity contribution in [3.05, 3.63) is 16.3 Å². The summed E-state index contributed by atoms with van der Waals surface area (Å²) in [6, 6.07) is 0. The topological polar surface area (TPSA) is 77.3 Å². The predicted molar refractivity (Wildman–Crippen MR) is 60.8 cm³/mol. The van der Waals surface area contributed by atoms with Crippen LogP contribution in [0.2, 0.25) is 0 Å². The van der Waals surface area contributed by atoms with Gasteiger partial charge in [-0.15, -0.1) is 0 Å². The lowest BCUT2D eigenvalue weighted by Gasteiger charge is -2.40.